The number of carbonyl (C=O) groups excluding carboxylic acids is 1. The SMILES string of the molecule is O=C([C@@H]1CCOC1)N(Cc1cccc2c1OCO2)C[C@@H]1COc2ccccc2O1. The van der Waals surface area contributed by atoms with Crippen molar-refractivity contribution in [3.8, 4) is 23.0 Å². The van der Waals surface area contributed by atoms with Crippen LogP contribution in [0.1, 0.15) is 12.0 Å². The van der Waals surface area contributed by atoms with Gasteiger partial charge in [-0.15, -0.1) is 0 Å². The lowest BCUT2D eigenvalue weighted by Crippen LogP contribution is -2.45. The van der Waals surface area contributed by atoms with E-state index in [1.54, 1.807) is 0 Å². The average molecular weight is 397 g/mol. The highest BCUT2D eigenvalue weighted by Gasteiger charge is 2.32. The van der Waals surface area contributed by atoms with E-state index in [1.165, 1.54) is 0 Å². The minimum atomic E-state index is -0.245. The minimum Gasteiger partial charge on any atom is -0.486 e. The van der Waals surface area contributed by atoms with Crippen LogP contribution in [0, 0.1) is 5.92 Å². The van der Waals surface area contributed by atoms with Gasteiger partial charge < -0.3 is 28.6 Å². The summed E-state index contributed by atoms with van der Waals surface area (Å²) in [6.07, 6.45) is 0.497. The Hall–Kier alpha value is -2.93. The minimum absolute atomic E-state index is 0.0708. The van der Waals surface area contributed by atoms with Gasteiger partial charge in [0.1, 0.15) is 6.61 Å². The summed E-state index contributed by atoms with van der Waals surface area (Å²) in [7, 11) is 0. The molecule has 0 radical (unpaired) electrons. The maximum atomic E-state index is 13.2. The molecule has 0 saturated carbocycles. The topological polar surface area (TPSA) is 66.5 Å². The van der Waals surface area contributed by atoms with Crippen molar-refractivity contribution < 1.29 is 28.5 Å². The van der Waals surface area contributed by atoms with Crippen LogP contribution in [0.2, 0.25) is 0 Å². The molecule has 1 amide bonds. The van der Waals surface area contributed by atoms with E-state index in [0.717, 1.165) is 17.7 Å². The van der Waals surface area contributed by atoms with Gasteiger partial charge in [0, 0.05) is 18.7 Å². The largest absolute Gasteiger partial charge is 0.486 e. The van der Waals surface area contributed by atoms with Crippen molar-refractivity contribution in [2.75, 3.05) is 33.2 Å². The summed E-state index contributed by atoms with van der Waals surface area (Å²) in [5.41, 5.74) is 0.921. The maximum absolute atomic E-state index is 13.2. The molecule has 0 bridgehead atoms. The number of carbonyl (C=O) groups is 1. The first-order chi connectivity index (χ1) is 14.3. The van der Waals surface area contributed by atoms with Gasteiger partial charge in [-0.1, -0.05) is 24.3 Å². The predicted octanol–water partition coefficient (Wildman–Crippen LogP) is 2.62. The van der Waals surface area contributed by atoms with Crippen molar-refractivity contribution in [3.05, 3.63) is 48.0 Å². The van der Waals surface area contributed by atoms with Gasteiger partial charge in [0.25, 0.3) is 0 Å². The van der Waals surface area contributed by atoms with Crippen molar-refractivity contribution in [2.45, 2.75) is 19.1 Å². The summed E-state index contributed by atoms with van der Waals surface area (Å²) < 4.78 is 28.5. The molecule has 0 N–H and O–H groups in total. The van der Waals surface area contributed by atoms with Gasteiger partial charge in [-0.05, 0) is 24.6 Å². The van der Waals surface area contributed by atoms with Crippen molar-refractivity contribution in [1.82, 2.24) is 4.90 Å². The molecule has 2 aromatic rings. The Balaban J connectivity index is 1.36. The molecule has 29 heavy (non-hydrogen) atoms. The lowest BCUT2D eigenvalue weighted by Gasteiger charge is -2.32. The third kappa shape index (κ3) is 3.70. The molecule has 0 aromatic heterocycles. The number of nitrogens with zero attached hydrogens (tertiary/aromatic N) is 1. The average Bonchev–Trinajstić information content (AvgIpc) is 3.45. The van der Waals surface area contributed by atoms with Gasteiger partial charge in [0.2, 0.25) is 12.7 Å². The second-order valence-electron chi connectivity index (χ2n) is 7.43. The highest BCUT2D eigenvalue weighted by atomic mass is 16.7. The van der Waals surface area contributed by atoms with Crippen LogP contribution in [0.3, 0.4) is 0 Å². The molecule has 3 aliphatic rings. The number of rotatable bonds is 5. The van der Waals surface area contributed by atoms with Gasteiger partial charge in [-0.3, -0.25) is 4.79 Å². The summed E-state index contributed by atoms with van der Waals surface area (Å²) >= 11 is 0. The molecule has 7 heteroatoms. The van der Waals surface area contributed by atoms with Gasteiger partial charge in [0.15, 0.2) is 29.1 Å². The lowest BCUT2D eigenvalue weighted by molar-refractivity contribution is -0.137. The number of para-hydroxylation sites is 3. The van der Waals surface area contributed by atoms with E-state index in [0.29, 0.717) is 50.2 Å². The van der Waals surface area contributed by atoms with Crippen LogP contribution < -0.4 is 18.9 Å². The first kappa shape index (κ1) is 18.1. The van der Waals surface area contributed by atoms with Crippen LogP contribution in [0.15, 0.2) is 42.5 Å². The van der Waals surface area contributed by atoms with E-state index in [-0.39, 0.29) is 24.7 Å². The zero-order valence-corrected chi connectivity index (χ0v) is 16.0. The molecule has 0 spiro atoms. The number of ether oxygens (including phenoxy) is 5. The second kappa shape index (κ2) is 7.83. The quantitative estimate of drug-likeness (QED) is 0.773. The number of amides is 1. The van der Waals surface area contributed by atoms with Crippen molar-refractivity contribution in [3.63, 3.8) is 0 Å². The molecule has 152 valence electrons. The fraction of sp³-hybridized carbons (Fsp3) is 0.409. The Morgan fingerprint density at radius 3 is 2.69 bits per heavy atom. The van der Waals surface area contributed by atoms with Gasteiger partial charge >= 0.3 is 0 Å². The standard InChI is InChI=1S/C22H23NO6/c24-22(16-8-9-25-12-16)23(10-15-4-3-7-20-21(15)28-14-27-20)11-17-13-26-18-5-1-2-6-19(18)29-17/h1-7,16-17H,8-14H2/t16-,17-/m1/s1. The monoisotopic (exact) mass is 397 g/mol. The van der Waals surface area contributed by atoms with E-state index >= 15 is 0 Å². The van der Waals surface area contributed by atoms with Crippen molar-refractivity contribution in [2.24, 2.45) is 5.92 Å². The highest BCUT2D eigenvalue weighted by molar-refractivity contribution is 5.79. The van der Waals surface area contributed by atoms with Crippen LogP contribution in [0.25, 0.3) is 0 Å². The molecule has 3 aliphatic heterocycles. The number of fused-ring (bicyclic) bond motifs is 2. The lowest BCUT2D eigenvalue weighted by atomic mass is 10.1. The molecule has 5 rings (SSSR count). The molecular formula is C22H23NO6. The maximum Gasteiger partial charge on any atom is 0.231 e. The summed E-state index contributed by atoms with van der Waals surface area (Å²) in [4.78, 5) is 15.1. The van der Waals surface area contributed by atoms with E-state index < -0.39 is 0 Å². The normalized spacial score (nSPS) is 21.8. The summed E-state index contributed by atoms with van der Waals surface area (Å²) in [5, 5.41) is 0. The molecule has 0 aliphatic carbocycles. The Labute approximate surface area is 169 Å². The number of benzene rings is 2. The molecule has 3 heterocycles. The molecule has 7 nitrogen and oxygen atoms in total. The highest BCUT2D eigenvalue weighted by Crippen LogP contribution is 2.37. The Morgan fingerprint density at radius 2 is 1.83 bits per heavy atom. The van der Waals surface area contributed by atoms with Crippen LogP contribution in [-0.4, -0.2) is 50.1 Å². The van der Waals surface area contributed by atoms with E-state index in [1.807, 2.05) is 47.4 Å². The van der Waals surface area contributed by atoms with Crippen molar-refractivity contribution >= 4 is 5.91 Å². The molecule has 0 unspecified atom stereocenters. The van der Waals surface area contributed by atoms with Crippen LogP contribution in [-0.2, 0) is 16.1 Å². The Morgan fingerprint density at radius 1 is 0.966 bits per heavy atom. The van der Waals surface area contributed by atoms with E-state index in [4.69, 9.17) is 23.7 Å². The fourth-order valence-electron chi connectivity index (χ4n) is 3.94. The summed E-state index contributed by atoms with van der Waals surface area (Å²) in [5.74, 6) is 2.81. The number of hydrogen-bond donors (Lipinski definition) is 0. The molecule has 1 saturated heterocycles. The van der Waals surface area contributed by atoms with Gasteiger partial charge in [-0.2, -0.15) is 0 Å². The third-order valence-electron chi connectivity index (χ3n) is 5.42. The molecule has 2 atom stereocenters. The zero-order valence-electron chi connectivity index (χ0n) is 16.0. The third-order valence-corrected chi connectivity index (χ3v) is 5.42. The summed E-state index contributed by atoms with van der Waals surface area (Å²) in [6, 6.07) is 13.3. The van der Waals surface area contributed by atoms with Crippen molar-refractivity contribution in [1.29, 1.82) is 0 Å². The van der Waals surface area contributed by atoms with Crippen LogP contribution in [0.5, 0.6) is 23.0 Å². The Bertz CT molecular complexity index is 895. The second-order valence-corrected chi connectivity index (χ2v) is 7.43. The predicted molar refractivity (Wildman–Crippen MR) is 103 cm³/mol. The molecule has 1 fully saturated rings. The Kier molecular flexibility index (Phi) is 4.89. The first-order valence-corrected chi connectivity index (χ1v) is 9.90. The summed E-state index contributed by atoms with van der Waals surface area (Å²) in [6.45, 7) is 2.53. The van der Waals surface area contributed by atoms with Crippen LogP contribution >= 0.6 is 0 Å². The molecular weight excluding hydrogens is 374 g/mol. The first-order valence-electron chi connectivity index (χ1n) is 9.90. The van der Waals surface area contributed by atoms with Gasteiger partial charge in [0.05, 0.1) is 19.1 Å². The van der Waals surface area contributed by atoms with Crippen LogP contribution in [0.4, 0.5) is 0 Å². The van der Waals surface area contributed by atoms with E-state index in [9.17, 15) is 4.79 Å². The fourth-order valence-corrected chi connectivity index (χ4v) is 3.94. The van der Waals surface area contributed by atoms with Gasteiger partial charge in [-0.25, -0.2) is 0 Å². The van der Waals surface area contributed by atoms with E-state index in [2.05, 4.69) is 0 Å². The smallest absolute Gasteiger partial charge is 0.231 e. The molecule has 2 aromatic carbocycles. The number of hydrogen-bond acceptors (Lipinski definition) is 6. The zero-order chi connectivity index (χ0) is 19.6.